The lowest BCUT2D eigenvalue weighted by molar-refractivity contribution is 0.153. The Balaban J connectivity index is 0.00000280. The fourth-order valence-electron chi connectivity index (χ4n) is 3.52. The van der Waals surface area contributed by atoms with E-state index < -0.39 is 0 Å². The Kier molecular flexibility index (Phi) is 8.35. The molecule has 2 aromatic carbocycles. The molecule has 0 radical (unpaired) electrons. The molecule has 7 heteroatoms. The summed E-state index contributed by atoms with van der Waals surface area (Å²) < 4.78 is 30.4. The van der Waals surface area contributed by atoms with Crippen molar-refractivity contribution in [2.45, 2.75) is 19.5 Å². The van der Waals surface area contributed by atoms with Gasteiger partial charge in [-0.15, -0.1) is 12.4 Å². The van der Waals surface area contributed by atoms with E-state index in [1.807, 2.05) is 25.1 Å². The van der Waals surface area contributed by atoms with Crippen molar-refractivity contribution in [1.82, 2.24) is 10.2 Å². The van der Waals surface area contributed by atoms with Crippen molar-refractivity contribution in [3.63, 3.8) is 0 Å². The van der Waals surface area contributed by atoms with Crippen LogP contribution in [0.15, 0.2) is 36.4 Å². The molecular formula is C21H28ClFN2O3. The molecular weight excluding hydrogens is 383 g/mol. The predicted molar refractivity (Wildman–Crippen MR) is 110 cm³/mol. The minimum Gasteiger partial charge on any atom is -0.493 e. The fourth-order valence-corrected chi connectivity index (χ4v) is 3.52. The molecule has 0 saturated carbocycles. The second-order valence-electron chi connectivity index (χ2n) is 6.51. The monoisotopic (exact) mass is 410 g/mol. The highest BCUT2D eigenvalue weighted by atomic mass is 35.5. The van der Waals surface area contributed by atoms with E-state index in [-0.39, 0.29) is 24.3 Å². The number of methoxy groups -OCH3 is 2. The Morgan fingerprint density at radius 3 is 2.46 bits per heavy atom. The molecule has 0 aliphatic carbocycles. The zero-order valence-corrected chi connectivity index (χ0v) is 17.4. The third kappa shape index (κ3) is 5.07. The summed E-state index contributed by atoms with van der Waals surface area (Å²) in [7, 11) is 3.25. The number of piperazine rings is 1. The number of benzene rings is 2. The van der Waals surface area contributed by atoms with E-state index in [4.69, 9.17) is 14.2 Å². The summed E-state index contributed by atoms with van der Waals surface area (Å²) >= 11 is 0. The van der Waals surface area contributed by atoms with Gasteiger partial charge >= 0.3 is 0 Å². The predicted octanol–water partition coefficient (Wildman–Crippen LogP) is 3.81. The van der Waals surface area contributed by atoms with Crippen LogP contribution in [0.25, 0.3) is 0 Å². The molecule has 0 spiro atoms. The molecule has 28 heavy (non-hydrogen) atoms. The van der Waals surface area contributed by atoms with E-state index in [2.05, 4.69) is 10.2 Å². The van der Waals surface area contributed by atoms with Crippen LogP contribution in [0.1, 0.15) is 24.1 Å². The van der Waals surface area contributed by atoms with E-state index in [1.54, 1.807) is 26.4 Å². The normalized spacial score (nSPS) is 16.9. The van der Waals surface area contributed by atoms with Crippen LogP contribution in [0.4, 0.5) is 4.39 Å². The molecule has 0 aromatic heterocycles. The van der Waals surface area contributed by atoms with Crippen LogP contribution in [-0.2, 0) is 6.54 Å². The van der Waals surface area contributed by atoms with Gasteiger partial charge in [-0.25, -0.2) is 4.39 Å². The molecule has 5 nitrogen and oxygen atoms in total. The number of hydrogen-bond acceptors (Lipinski definition) is 5. The van der Waals surface area contributed by atoms with Gasteiger partial charge in [0.25, 0.3) is 0 Å². The van der Waals surface area contributed by atoms with Crippen molar-refractivity contribution >= 4 is 12.4 Å². The van der Waals surface area contributed by atoms with Crippen molar-refractivity contribution in [2.75, 3.05) is 40.5 Å². The summed E-state index contributed by atoms with van der Waals surface area (Å²) in [4.78, 5) is 2.35. The first-order chi connectivity index (χ1) is 13.2. The van der Waals surface area contributed by atoms with Crippen LogP contribution >= 0.6 is 12.4 Å². The highest BCUT2D eigenvalue weighted by Crippen LogP contribution is 2.39. The topological polar surface area (TPSA) is 43.0 Å². The van der Waals surface area contributed by atoms with Crippen LogP contribution in [0, 0.1) is 5.82 Å². The minimum absolute atomic E-state index is 0. The summed E-state index contributed by atoms with van der Waals surface area (Å²) in [6.07, 6.45) is 0. The zero-order chi connectivity index (χ0) is 19.2. The van der Waals surface area contributed by atoms with Crippen molar-refractivity contribution < 1.29 is 18.6 Å². The number of ether oxygens (including phenoxy) is 3. The first-order valence-corrected chi connectivity index (χ1v) is 9.24. The quantitative estimate of drug-likeness (QED) is 0.751. The molecule has 154 valence electrons. The highest BCUT2D eigenvalue weighted by Gasteiger charge is 2.25. The third-order valence-corrected chi connectivity index (χ3v) is 4.78. The number of halogens is 2. The zero-order valence-electron chi connectivity index (χ0n) is 16.5. The summed E-state index contributed by atoms with van der Waals surface area (Å²) in [5.74, 6) is 1.72. The van der Waals surface area contributed by atoms with Gasteiger partial charge in [0.05, 0.1) is 20.8 Å². The van der Waals surface area contributed by atoms with E-state index in [1.165, 1.54) is 6.07 Å². The molecule has 0 amide bonds. The smallest absolute Gasteiger partial charge is 0.203 e. The molecule has 1 atom stereocenters. The lowest BCUT2D eigenvalue weighted by Gasteiger charge is -2.36. The summed E-state index contributed by atoms with van der Waals surface area (Å²) in [5, 5.41) is 3.41. The van der Waals surface area contributed by atoms with Gasteiger partial charge in [0.2, 0.25) is 5.75 Å². The lowest BCUT2D eigenvalue weighted by atomic mass is 10.0. The maximum atomic E-state index is 13.7. The lowest BCUT2D eigenvalue weighted by Crippen LogP contribution is -2.45. The molecule has 1 aliphatic rings. The first kappa shape index (κ1) is 22.3. The Morgan fingerprint density at radius 2 is 1.86 bits per heavy atom. The number of nitrogens with one attached hydrogen (secondary N) is 1. The van der Waals surface area contributed by atoms with Crippen LogP contribution < -0.4 is 19.5 Å². The van der Waals surface area contributed by atoms with Crippen LogP contribution in [0.3, 0.4) is 0 Å². The summed E-state index contributed by atoms with van der Waals surface area (Å²) in [6, 6.07) is 10.9. The first-order valence-electron chi connectivity index (χ1n) is 9.24. The maximum absolute atomic E-state index is 13.7. The molecule has 1 aliphatic heterocycles. The van der Waals surface area contributed by atoms with Gasteiger partial charge < -0.3 is 19.5 Å². The van der Waals surface area contributed by atoms with E-state index in [0.29, 0.717) is 30.4 Å². The fraction of sp³-hybridized carbons (Fsp3) is 0.429. The number of hydrogen-bond donors (Lipinski definition) is 1. The van der Waals surface area contributed by atoms with Gasteiger partial charge in [-0.2, -0.15) is 0 Å². The Labute approximate surface area is 172 Å². The van der Waals surface area contributed by atoms with Crippen molar-refractivity contribution in [3.05, 3.63) is 53.3 Å². The van der Waals surface area contributed by atoms with Crippen molar-refractivity contribution in [1.29, 1.82) is 0 Å². The maximum Gasteiger partial charge on any atom is 0.203 e. The van der Waals surface area contributed by atoms with Crippen LogP contribution in [0.5, 0.6) is 17.2 Å². The molecule has 0 bridgehead atoms. The molecule has 1 heterocycles. The third-order valence-electron chi connectivity index (χ3n) is 4.78. The molecule has 1 saturated heterocycles. The average Bonchev–Trinajstić information content (AvgIpc) is 2.69. The highest BCUT2D eigenvalue weighted by molar-refractivity contribution is 5.85. The van der Waals surface area contributed by atoms with Crippen molar-refractivity contribution in [2.24, 2.45) is 0 Å². The van der Waals surface area contributed by atoms with Gasteiger partial charge in [-0.3, -0.25) is 4.90 Å². The summed E-state index contributed by atoms with van der Waals surface area (Å²) in [5.41, 5.74) is 2.04. The van der Waals surface area contributed by atoms with Gasteiger partial charge in [0.1, 0.15) is 5.82 Å². The minimum atomic E-state index is -0.206. The van der Waals surface area contributed by atoms with E-state index in [0.717, 1.165) is 30.8 Å². The standard InChI is InChI=1S/C21H27FN2O3.ClH/c1-4-27-21-19(25-2)10-15(11-20(21)26-3)14-24-9-8-23-13-18(24)16-6-5-7-17(22)12-16;/h5-7,10-12,18,23H,4,8-9,13-14H2,1-3H3;1H. The Morgan fingerprint density at radius 1 is 1.14 bits per heavy atom. The van der Waals surface area contributed by atoms with E-state index >= 15 is 0 Å². The largest absolute Gasteiger partial charge is 0.493 e. The van der Waals surface area contributed by atoms with Gasteiger partial charge in [0, 0.05) is 32.2 Å². The Hall–Kier alpha value is -2.02. The molecule has 3 rings (SSSR count). The van der Waals surface area contributed by atoms with Crippen LogP contribution in [-0.4, -0.2) is 45.4 Å². The van der Waals surface area contributed by atoms with Crippen LogP contribution in [0.2, 0.25) is 0 Å². The van der Waals surface area contributed by atoms with Gasteiger partial charge in [-0.1, -0.05) is 12.1 Å². The molecule has 1 fully saturated rings. The molecule has 1 N–H and O–H groups in total. The van der Waals surface area contributed by atoms with E-state index in [9.17, 15) is 4.39 Å². The summed E-state index contributed by atoms with van der Waals surface area (Å²) in [6.45, 7) is 5.73. The van der Waals surface area contributed by atoms with Crippen molar-refractivity contribution in [3.8, 4) is 17.2 Å². The average molecular weight is 411 g/mol. The second kappa shape index (κ2) is 10.5. The van der Waals surface area contributed by atoms with Gasteiger partial charge in [0.15, 0.2) is 11.5 Å². The number of rotatable bonds is 7. The second-order valence-corrected chi connectivity index (χ2v) is 6.51. The molecule has 1 unspecified atom stereocenters. The van der Waals surface area contributed by atoms with Gasteiger partial charge in [-0.05, 0) is 42.3 Å². The SMILES string of the molecule is CCOc1c(OC)cc(CN2CCNCC2c2cccc(F)c2)cc1OC.Cl. The number of nitrogens with zero attached hydrogens (tertiary/aromatic N) is 1. The molecule has 2 aromatic rings. The Bertz CT molecular complexity index is 750.